The molecular formula is C22H31FN4O3S. The van der Waals surface area contributed by atoms with Gasteiger partial charge in [-0.3, -0.25) is 4.68 Å². The van der Waals surface area contributed by atoms with Gasteiger partial charge in [-0.05, 0) is 48.9 Å². The number of nitrogens with zero attached hydrogens (tertiary/aromatic N) is 3. The van der Waals surface area contributed by atoms with E-state index in [0.717, 1.165) is 43.4 Å². The van der Waals surface area contributed by atoms with Crippen molar-refractivity contribution >= 4 is 10.0 Å². The van der Waals surface area contributed by atoms with E-state index in [1.807, 2.05) is 17.8 Å². The summed E-state index contributed by atoms with van der Waals surface area (Å²) in [5, 5.41) is 6.41. The molecule has 1 aromatic heterocycles. The zero-order valence-corrected chi connectivity index (χ0v) is 18.8. The SMILES string of the molecule is Cn1nc(CCS(=O)(=O)NN2CCOCC2)c2c1C(Cc1cccc(F)c1)CCCC2. The van der Waals surface area contributed by atoms with Gasteiger partial charge < -0.3 is 4.74 Å². The van der Waals surface area contributed by atoms with Crippen molar-refractivity contribution in [1.29, 1.82) is 0 Å². The molecule has 31 heavy (non-hydrogen) atoms. The number of rotatable bonds is 7. The van der Waals surface area contributed by atoms with Crippen LogP contribution >= 0.6 is 0 Å². The third kappa shape index (κ3) is 5.71. The van der Waals surface area contributed by atoms with Crippen molar-refractivity contribution in [2.45, 2.75) is 44.4 Å². The molecule has 1 atom stereocenters. The van der Waals surface area contributed by atoms with Crippen LogP contribution in [-0.2, 0) is 41.1 Å². The van der Waals surface area contributed by atoms with Crippen LogP contribution in [0, 0.1) is 5.82 Å². The molecule has 1 saturated heterocycles. The van der Waals surface area contributed by atoms with E-state index in [4.69, 9.17) is 9.84 Å². The lowest BCUT2D eigenvalue weighted by Gasteiger charge is -2.26. The monoisotopic (exact) mass is 450 g/mol. The lowest BCUT2D eigenvalue weighted by Crippen LogP contribution is -2.49. The van der Waals surface area contributed by atoms with E-state index in [9.17, 15) is 12.8 Å². The largest absolute Gasteiger partial charge is 0.379 e. The van der Waals surface area contributed by atoms with Crippen LogP contribution in [-0.4, -0.2) is 55.3 Å². The van der Waals surface area contributed by atoms with E-state index in [0.29, 0.717) is 32.7 Å². The first-order chi connectivity index (χ1) is 14.9. The fourth-order valence-corrected chi connectivity index (χ4v) is 5.86. The number of morpholine rings is 1. The molecule has 2 aromatic rings. The number of halogens is 1. The van der Waals surface area contributed by atoms with Crippen LogP contribution in [0.5, 0.6) is 0 Å². The van der Waals surface area contributed by atoms with Gasteiger partial charge in [0.1, 0.15) is 5.82 Å². The Morgan fingerprint density at radius 1 is 1.26 bits per heavy atom. The fourth-order valence-electron chi connectivity index (χ4n) is 4.73. The van der Waals surface area contributed by atoms with Crippen molar-refractivity contribution in [2.75, 3.05) is 32.1 Å². The number of hydrogen-bond donors (Lipinski definition) is 1. The second kappa shape index (κ2) is 9.77. The molecule has 9 heteroatoms. The topological polar surface area (TPSA) is 76.5 Å². The molecule has 2 aliphatic rings. The third-order valence-corrected chi connectivity index (χ3v) is 7.43. The highest BCUT2D eigenvalue weighted by molar-refractivity contribution is 7.89. The molecular weight excluding hydrogens is 419 g/mol. The summed E-state index contributed by atoms with van der Waals surface area (Å²) >= 11 is 0. The first-order valence-electron chi connectivity index (χ1n) is 11.0. The summed E-state index contributed by atoms with van der Waals surface area (Å²) in [5.41, 5.74) is 4.21. The van der Waals surface area contributed by atoms with Crippen LogP contribution in [0.25, 0.3) is 0 Å². The van der Waals surface area contributed by atoms with Crippen molar-refractivity contribution in [3.8, 4) is 0 Å². The first kappa shape index (κ1) is 22.4. The lowest BCUT2D eigenvalue weighted by molar-refractivity contribution is 0.0272. The number of hydrazine groups is 1. The molecule has 0 bridgehead atoms. The van der Waals surface area contributed by atoms with Gasteiger partial charge in [-0.2, -0.15) is 5.10 Å². The summed E-state index contributed by atoms with van der Waals surface area (Å²) in [6, 6.07) is 6.79. The maximum atomic E-state index is 13.7. The van der Waals surface area contributed by atoms with Crippen LogP contribution in [0.15, 0.2) is 24.3 Å². The van der Waals surface area contributed by atoms with Crippen molar-refractivity contribution in [2.24, 2.45) is 7.05 Å². The summed E-state index contributed by atoms with van der Waals surface area (Å²) in [6.45, 7) is 2.17. The molecule has 0 saturated carbocycles. The molecule has 170 valence electrons. The number of ether oxygens (including phenoxy) is 1. The Morgan fingerprint density at radius 3 is 2.84 bits per heavy atom. The Bertz CT molecular complexity index is 1000. The average Bonchev–Trinajstić information content (AvgIpc) is 2.90. The van der Waals surface area contributed by atoms with Gasteiger partial charge >= 0.3 is 0 Å². The molecule has 2 heterocycles. The Kier molecular flexibility index (Phi) is 7.05. The standard InChI is InChI=1S/C22H31FN4O3S/c1-26-22-18(15-17-5-4-7-19(23)16-17)6-2-3-8-20(22)21(24-26)9-14-31(28,29)25-27-10-12-30-13-11-27/h4-5,7,16,18,25H,2-3,6,8-15H2,1H3. The predicted molar refractivity (Wildman–Crippen MR) is 117 cm³/mol. The van der Waals surface area contributed by atoms with Gasteiger partial charge in [0.25, 0.3) is 0 Å². The van der Waals surface area contributed by atoms with E-state index in [2.05, 4.69) is 4.83 Å². The summed E-state index contributed by atoms with van der Waals surface area (Å²) in [4.78, 5) is 2.67. The van der Waals surface area contributed by atoms with Gasteiger partial charge in [0.15, 0.2) is 0 Å². The van der Waals surface area contributed by atoms with Gasteiger partial charge in [0.2, 0.25) is 10.0 Å². The van der Waals surface area contributed by atoms with Crippen molar-refractivity contribution < 1.29 is 17.5 Å². The molecule has 1 fully saturated rings. The predicted octanol–water partition coefficient (Wildman–Crippen LogP) is 2.32. The highest BCUT2D eigenvalue weighted by Crippen LogP contribution is 2.34. The molecule has 4 rings (SSSR count). The smallest absolute Gasteiger partial charge is 0.224 e. The van der Waals surface area contributed by atoms with E-state index in [-0.39, 0.29) is 17.5 Å². The molecule has 7 nitrogen and oxygen atoms in total. The minimum Gasteiger partial charge on any atom is -0.379 e. The zero-order chi connectivity index (χ0) is 21.8. The average molecular weight is 451 g/mol. The first-order valence-corrected chi connectivity index (χ1v) is 12.7. The number of fused-ring (bicyclic) bond motifs is 1. The number of benzene rings is 1. The van der Waals surface area contributed by atoms with E-state index in [1.165, 1.54) is 17.3 Å². The summed E-state index contributed by atoms with van der Waals surface area (Å²) in [7, 11) is -1.51. The van der Waals surface area contributed by atoms with E-state index >= 15 is 0 Å². The van der Waals surface area contributed by atoms with Gasteiger partial charge in [0.05, 0.1) is 24.7 Å². The van der Waals surface area contributed by atoms with Gasteiger partial charge in [-0.25, -0.2) is 17.8 Å². The molecule has 1 aliphatic carbocycles. The number of nitrogens with one attached hydrogen (secondary N) is 1. The van der Waals surface area contributed by atoms with Crippen LogP contribution in [0.2, 0.25) is 0 Å². The third-order valence-electron chi connectivity index (χ3n) is 6.15. The van der Waals surface area contributed by atoms with E-state index < -0.39 is 10.0 Å². The summed E-state index contributed by atoms with van der Waals surface area (Å²) in [5.74, 6) is 0.0474. The molecule has 0 radical (unpaired) electrons. The Hall–Kier alpha value is -1.81. The fraction of sp³-hybridized carbons (Fsp3) is 0.591. The highest BCUT2D eigenvalue weighted by Gasteiger charge is 2.27. The van der Waals surface area contributed by atoms with Crippen molar-refractivity contribution in [3.63, 3.8) is 0 Å². The quantitative estimate of drug-likeness (QED) is 0.656. The Labute approximate surface area is 183 Å². The van der Waals surface area contributed by atoms with Gasteiger partial charge in [-0.15, -0.1) is 4.83 Å². The van der Waals surface area contributed by atoms with Crippen molar-refractivity contribution in [1.82, 2.24) is 19.6 Å². The van der Waals surface area contributed by atoms with Crippen LogP contribution in [0.4, 0.5) is 4.39 Å². The maximum absolute atomic E-state index is 13.7. The summed E-state index contributed by atoms with van der Waals surface area (Å²) < 4.78 is 46.0. The molecule has 0 amide bonds. The van der Waals surface area contributed by atoms with Crippen LogP contribution in [0.1, 0.15) is 47.7 Å². The second-order valence-electron chi connectivity index (χ2n) is 8.47. The molecule has 1 aromatic carbocycles. The van der Waals surface area contributed by atoms with Crippen LogP contribution in [0.3, 0.4) is 0 Å². The zero-order valence-electron chi connectivity index (χ0n) is 18.0. The number of sulfonamides is 1. The highest BCUT2D eigenvalue weighted by atomic mass is 32.2. The minimum absolute atomic E-state index is 0.00235. The molecule has 1 unspecified atom stereocenters. The number of aryl methyl sites for hydroxylation is 2. The normalized spacial score (nSPS) is 20.4. The second-order valence-corrected chi connectivity index (χ2v) is 10.3. The molecule has 1 N–H and O–H groups in total. The maximum Gasteiger partial charge on any atom is 0.224 e. The molecule has 1 aliphatic heterocycles. The van der Waals surface area contributed by atoms with E-state index in [1.54, 1.807) is 17.1 Å². The molecule has 0 spiro atoms. The number of aromatic nitrogens is 2. The van der Waals surface area contributed by atoms with Gasteiger partial charge in [-0.1, -0.05) is 18.6 Å². The van der Waals surface area contributed by atoms with Crippen LogP contribution < -0.4 is 4.83 Å². The van der Waals surface area contributed by atoms with Crippen molar-refractivity contribution in [3.05, 3.63) is 52.6 Å². The Balaban J connectivity index is 1.49. The number of hydrogen-bond acceptors (Lipinski definition) is 5. The summed E-state index contributed by atoms with van der Waals surface area (Å²) in [6.07, 6.45) is 5.25. The van der Waals surface area contributed by atoms with Gasteiger partial charge in [0, 0.05) is 38.2 Å². The lowest BCUT2D eigenvalue weighted by atomic mass is 9.91. The Morgan fingerprint density at radius 2 is 2.06 bits per heavy atom. The minimum atomic E-state index is -3.44.